The maximum atomic E-state index is 12.7. The fourth-order valence-corrected chi connectivity index (χ4v) is 4.69. The summed E-state index contributed by atoms with van der Waals surface area (Å²) in [6.45, 7) is 0. The largest absolute Gasteiger partial charge is 0.379 e. The molecule has 144 valence electrons. The van der Waals surface area contributed by atoms with Gasteiger partial charge in [-0.15, -0.1) is 0 Å². The van der Waals surface area contributed by atoms with Crippen LogP contribution in [-0.2, 0) is 19.7 Å². The second-order valence-corrected chi connectivity index (χ2v) is 9.12. The molecule has 0 aromatic heterocycles. The van der Waals surface area contributed by atoms with Crippen molar-refractivity contribution in [3.8, 4) is 5.75 Å². The first-order chi connectivity index (χ1) is 13.4. The van der Waals surface area contributed by atoms with Gasteiger partial charge in [0.1, 0.15) is 10.6 Å². The number of anilines is 1. The number of carbonyl (C=O) groups excluding carboxylic acids is 2. The lowest BCUT2D eigenvalue weighted by atomic mass is 9.85. The van der Waals surface area contributed by atoms with Crippen molar-refractivity contribution in [1.29, 1.82) is 0 Å². The molecule has 0 unspecified atom stereocenters. The Labute approximate surface area is 171 Å². The quantitative estimate of drug-likeness (QED) is 0.394. The average molecular weight is 462 g/mol. The van der Waals surface area contributed by atoms with Crippen LogP contribution in [0.25, 0.3) is 0 Å². The number of imide groups is 1. The van der Waals surface area contributed by atoms with Crippen LogP contribution in [0.3, 0.4) is 0 Å². The molecular weight excluding hydrogens is 446 g/mol. The van der Waals surface area contributed by atoms with E-state index in [1.54, 1.807) is 24.3 Å². The summed E-state index contributed by atoms with van der Waals surface area (Å²) in [5.41, 5.74) is 0.313. The first-order valence-corrected chi connectivity index (χ1v) is 10.9. The van der Waals surface area contributed by atoms with Gasteiger partial charge in [-0.05, 0) is 49.2 Å². The molecule has 4 rings (SSSR count). The van der Waals surface area contributed by atoms with Crippen LogP contribution in [0.1, 0.15) is 12.8 Å². The fourth-order valence-electron chi connectivity index (χ4n) is 3.51. The van der Waals surface area contributed by atoms with Crippen molar-refractivity contribution in [2.24, 2.45) is 11.8 Å². The molecule has 2 aliphatic rings. The van der Waals surface area contributed by atoms with Crippen LogP contribution in [0, 0.1) is 11.8 Å². The molecular formula is C20H16BrNO5S. The van der Waals surface area contributed by atoms with E-state index in [4.69, 9.17) is 4.18 Å². The lowest BCUT2D eigenvalue weighted by molar-refractivity contribution is -0.122. The maximum Gasteiger partial charge on any atom is 0.339 e. The van der Waals surface area contributed by atoms with Crippen molar-refractivity contribution in [2.75, 3.05) is 4.90 Å². The molecule has 1 aliphatic carbocycles. The number of amides is 2. The van der Waals surface area contributed by atoms with Crippen molar-refractivity contribution in [3.05, 3.63) is 65.2 Å². The van der Waals surface area contributed by atoms with Crippen LogP contribution in [0.5, 0.6) is 5.75 Å². The highest BCUT2D eigenvalue weighted by molar-refractivity contribution is 9.10. The lowest BCUT2D eigenvalue weighted by Gasteiger charge is -2.16. The fraction of sp³-hybridized carbons (Fsp3) is 0.200. The number of halogens is 1. The van der Waals surface area contributed by atoms with Gasteiger partial charge >= 0.3 is 10.1 Å². The van der Waals surface area contributed by atoms with Crippen molar-refractivity contribution >= 4 is 43.5 Å². The van der Waals surface area contributed by atoms with Gasteiger partial charge in [0, 0.05) is 10.5 Å². The van der Waals surface area contributed by atoms with Crippen LogP contribution < -0.4 is 9.08 Å². The number of rotatable bonds is 4. The van der Waals surface area contributed by atoms with E-state index < -0.39 is 10.1 Å². The molecule has 2 atom stereocenters. The van der Waals surface area contributed by atoms with Crippen LogP contribution in [0.2, 0.25) is 0 Å². The molecule has 1 saturated heterocycles. The predicted molar refractivity (Wildman–Crippen MR) is 106 cm³/mol. The molecule has 1 fully saturated rings. The summed E-state index contributed by atoms with van der Waals surface area (Å²) in [4.78, 5) is 26.6. The highest BCUT2D eigenvalue weighted by Crippen LogP contribution is 2.38. The predicted octanol–water partition coefficient (Wildman–Crippen LogP) is 3.67. The Bertz CT molecular complexity index is 1050. The molecule has 2 aromatic carbocycles. The summed E-state index contributed by atoms with van der Waals surface area (Å²) in [7, 11) is -4.04. The molecule has 28 heavy (non-hydrogen) atoms. The standard InChI is InChI=1S/C20H16BrNO5S/c21-13-8-10-16(11-9-13)28(25,26)27-15-5-3-4-14(12-15)22-19(23)17-6-1-2-7-18(17)20(22)24/h1-5,8-12,17-18H,6-7H2/t17-,18+. The highest BCUT2D eigenvalue weighted by atomic mass is 79.9. The van der Waals surface area contributed by atoms with Crippen molar-refractivity contribution in [3.63, 3.8) is 0 Å². The maximum absolute atomic E-state index is 12.7. The number of carbonyl (C=O) groups is 2. The summed E-state index contributed by atoms with van der Waals surface area (Å²) >= 11 is 3.25. The van der Waals surface area contributed by atoms with Crippen LogP contribution in [0.4, 0.5) is 5.69 Å². The summed E-state index contributed by atoms with van der Waals surface area (Å²) in [6.07, 6.45) is 4.92. The molecule has 0 N–H and O–H groups in total. The minimum absolute atomic E-state index is 0.00604. The monoisotopic (exact) mass is 461 g/mol. The molecule has 2 amide bonds. The summed E-state index contributed by atoms with van der Waals surface area (Å²) in [5, 5.41) is 0. The minimum Gasteiger partial charge on any atom is -0.379 e. The third-order valence-corrected chi connectivity index (χ3v) is 6.68. The van der Waals surface area contributed by atoms with E-state index in [9.17, 15) is 18.0 Å². The van der Waals surface area contributed by atoms with E-state index in [1.165, 1.54) is 24.3 Å². The Kier molecular flexibility index (Phi) is 4.84. The molecule has 2 aromatic rings. The number of allylic oxidation sites excluding steroid dienone is 2. The van der Waals surface area contributed by atoms with Gasteiger partial charge < -0.3 is 4.18 Å². The Balaban J connectivity index is 1.61. The van der Waals surface area contributed by atoms with E-state index >= 15 is 0 Å². The molecule has 6 nitrogen and oxygen atoms in total. The second-order valence-electron chi connectivity index (χ2n) is 6.66. The molecule has 0 bridgehead atoms. The SMILES string of the molecule is O=C1[C@H]2CC=CC[C@H]2C(=O)N1c1cccc(OS(=O)(=O)c2ccc(Br)cc2)c1. The Morgan fingerprint density at radius 3 is 2.14 bits per heavy atom. The van der Waals surface area contributed by atoms with Crippen LogP contribution in [0.15, 0.2) is 70.1 Å². The van der Waals surface area contributed by atoms with Gasteiger partial charge in [0.05, 0.1) is 17.5 Å². The van der Waals surface area contributed by atoms with Gasteiger partial charge in [-0.1, -0.05) is 34.1 Å². The third-order valence-electron chi connectivity index (χ3n) is 4.89. The highest BCUT2D eigenvalue weighted by Gasteiger charge is 2.47. The molecule has 0 radical (unpaired) electrons. The first kappa shape index (κ1) is 18.9. The molecule has 1 heterocycles. The van der Waals surface area contributed by atoms with E-state index in [1.807, 2.05) is 12.2 Å². The van der Waals surface area contributed by atoms with Crippen molar-refractivity contribution < 1.29 is 22.2 Å². The van der Waals surface area contributed by atoms with Gasteiger partial charge in [0.2, 0.25) is 11.8 Å². The minimum atomic E-state index is -4.04. The lowest BCUT2D eigenvalue weighted by Crippen LogP contribution is -2.30. The topological polar surface area (TPSA) is 80.8 Å². The zero-order chi connectivity index (χ0) is 19.9. The summed E-state index contributed by atoms with van der Waals surface area (Å²) in [6, 6.07) is 12.1. The number of fused-ring (bicyclic) bond motifs is 1. The van der Waals surface area contributed by atoms with E-state index in [2.05, 4.69) is 15.9 Å². The molecule has 1 aliphatic heterocycles. The normalized spacial score (nSPS) is 21.7. The van der Waals surface area contributed by atoms with Gasteiger partial charge in [-0.25, -0.2) is 4.90 Å². The van der Waals surface area contributed by atoms with Crippen LogP contribution in [-0.4, -0.2) is 20.2 Å². The van der Waals surface area contributed by atoms with Crippen LogP contribution >= 0.6 is 15.9 Å². The van der Waals surface area contributed by atoms with Gasteiger partial charge in [-0.3, -0.25) is 9.59 Å². The zero-order valence-electron chi connectivity index (χ0n) is 14.6. The first-order valence-electron chi connectivity index (χ1n) is 8.70. The van der Waals surface area contributed by atoms with Gasteiger partial charge in [0.25, 0.3) is 0 Å². The summed E-state index contributed by atoms with van der Waals surface area (Å²) in [5.74, 6) is -1.18. The zero-order valence-corrected chi connectivity index (χ0v) is 17.0. The van der Waals surface area contributed by atoms with E-state index in [-0.39, 0.29) is 34.3 Å². The number of nitrogens with zero attached hydrogens (tertiary/aromatic N) is 1. The Morgan fingerprint density at radius 1 is 0.929 bits per heavy atom. The van der Waals surface area contributed by atoms with E-state index in [0.29, 0.717) is 18.5 Å². The number of benzene rings is 2. The number of hydrogen-bond acceptors (Lipinski definition) is 5. The van der Waals surface area contributed by atoms with Gasteiger partial charge in [-0.2, -0.15) is 8.42 Å². The molecule has 0 saturated carbocycles. The Morgan fingerprint density at radius 2 is 1.54 bits per heavy atom. The smallest absolute Gasteiger partial charge is 0.339 e. The van der Waals surface area contributed by atoms with Gasteiger partial charge in [0.15, 0.2) is 0 Å². The third kappa shape index (κ3) is 3.38. The average Bonchev–Trinajstić information content (AvgIpc) is 2.93. The van der Waals surface area contributed by atoms with Crippen molar-refractivity contribution in [1.82, 2.24) is 0 Å². The van der Waals surface area contributed by atoms with Crippen molar-refractivity contribution in [2.45, 2.75) is 17.7 Å². The second kappa shape index (κ2) is 7.18. The number of hydrogen-bond donors (Lipinski definition) is 0. The Hall–Kier alpha value is -2.45. The molecule has 0 spiro atoms. The molecule has 8 heteroatoms. The summed E-state index contributed by atoms with van der Waals surface area (Å²) < 4.78 is 30.9. The van der Waals surface area contributed by atoms with E-state index in [0.717, 1.165) is 9.37 Å².